The lowest BCUT2D eigenvalue weighted by Crippen LogP contribution is -2.32. The SMILES string of the molecule is O=C(CN1CCCC1c1nc2ccccc2s1)Nc1ccc(F)cc1. The molecule has 1 unspecified atom stereocenters. The van der Waals surface area contributed by atoms with Crippen LogP contribution in [-0.4, -0.2) is 28.9 Å². The number of aromatic nitrogens is 1. The van der Waals surface area contributed by atoms with Gasteiger partial charge in [-0.2, -0.15) is 0 Å². The van der Waals surface area contributed by atoms with Gasteiger partial charge in [0.25, 0.3) is 0 Å². The van der Waals surface area contributed by atoms with E-state index in [1.54, 1.807) is 23.5 Å². The number of carbonyl (C=O) groups excluding carboxylic acids is 1. The molecule has 1 aliphatic heterocycles. The van der Waals surface area contributed by atoms with Crippen molar-refractivity contribution in [2.24, 2.45) is 0 Å². The largest absolute Gasteiger partial charge is 0.325 e. The van der Waals surface area contributed by atoms with Crippen LogP contribution < -0.4 is 5.32 Å². The van der Waals surface area contributed by atoms with Crippen LogP contribution in [0.1, 0.15) is 23.9 Å². The second-order valence-corrected chi connectivity index (χ2v) is 7.27. The van der Waals surface area contributed by atoms with Gasteiger partial charge in [-0.15, -0.1) is 11.3 Å². The van der Waals surface area contributed by atoms with Gasteiger partial charge >= 0.3 is 0 Å². The quantitative estimate of drug-likeness (QED) is 0.762. The summed E-state index contributed by atoms with van der Waals surface area (Å²) in [6, 6.07) is 14.1. The number of para-hydroxylation sites is 1. The van der Waals surface area contributed by atoms with Crippen LogP contribution in [0.4, 0.5) is 10.1 Å². The highest BCUT2D eigenvalue weighted by Crippen LogP contribution is 2.36. The fraction of sp³-hybridized carbons (Fsp3) is 0.263. The number of fused-ring (bicyclic) bond motifs is 1. The third kappa shape index (κ3) is 3.55. The fourth-order valence-corrected chi connectivity index (χ4v) is 4.38. The summed E-state index contributed by atoms with van der Waals surface area (Å²) in [5.74, 6) is -0.395. The second kappa shape index (κ2) is 6.90. The van der Waals surface area contributed by atoms with Crippen LogP contribution in [0.15, 0.2) is 48.5 Å². The standard InChI is InChI=1S/C19H18FN3OS/c20-13-7-9-14(10-8-13)21-18(24)12-23-11-3-5-16(23)19-22-15-4-1-2-6-17(15)25-19/h1-2,4,6-10,16H,3,5,11-12H2,(H,21,24). The number of amides is 1. The number of hydrogen-bond donors (Lipinski definition) is 1. The molecule has 0 radical (unpaired) electrons. The van der Waals surface area contributed by atoms with Crippen molar-refractivity contribution >= 4 is 33.1 Å². The molecule has 0 spiro atoms. The molecule has 25 heavy (non-hydrogen) atoms. The number of anilines is 1. The Bertz CT molecular complexity index is 860. The molecule has 0 bridgehead atoms. The first-order chi connectivity index (χ1) is 12.2. The van der Waals surface area contributed by atoms with E-state index in [4.69, 9.17) is 4.98 Å². The zero-order chi connectivity index (χ0) is 17.2. The lowest BCUT2D eigenvalue weighted by Gasteiger charge is -2.22. The first-order valence-electron chi connectivity index (χ1n) is 8.34. The van der Waals surface area contributed by atoms with Gasteiger partial charge in [-0.3, -0.25) is 9.69 Å². The Balaban J connectivity index is 1.45. The van der Waals surface area contributed by atoms with Gasteiger partial charge in [-0.25, -0.2) is 9.37 Å². The number of thiazole rings is 1. The summed E-state index contributed by atoms with van der Waals surface area (Å²) in [4.78, 5) is 19.3. The number of benzene rings is 2. The zero-order valence-corrected chi connectivity index (χ0v) is 14.4. The van der Waals surface area contributed by atoms with Crippen LogP contribution in [0.3, 0.4) is 0 Å². The lowest BCUT2D eigenvalue weighted by atomic mass is 10.2. The maximum absolute atomic E-state index is 13.0. The van der Waals surface area contributed by atoms with E-state index in [2.05, 4.69) is 16.3 Å². The Morgan fingerprint density at radius 3 is 2.84 bits per heavy atom. The number of nitrogens with one attached hydrogen (secondary N) is 1. The smallest absolute Gasteiger partial charge is 0.238 e. The highest BCUT2D eigenvalue weighted by Gasteiger charge is 2.30. The van der Waals surface area contributed by atoms with Gasteiger partial charge < -0.3 is 5.32 Å². The van der Waals surface area contributed by atoms with E-state index in [0.717, 1.165) is 29.9 Å². The monoisotopic (exact) mass is 355 g/mol. The van der Waals surface area contributed by atoms with Crippen LogP contribution in [-0.2, 0) is 4.79 Å². The van der Waals surface area contributed by atoms with Crippen LogP contribution in [0.5, 0.6) is 0 Å². The molecule has 4 nitrogen and oxygen atoms in total. The lowest BCUT2D eigenvalue weighted by molar-refractivity contribution is -0.117. The van der Waals surface area contributed by atoms with E-state index >= 15 is 0 Å². The van der Waals surface area contributed by atoms with E-state index in [1.165, 1.54) is 16.8 Å². The molecule has 1 atom stereocenters. The number of carbonyl (C=O) groups is 1. The van der Waals surface area contributed by atoms with Crippen molar-refractivity contribution in [3.05, 3.63) is 59.4 Å². The van der Waals surface area contributed by atoms with Crippen molar-refractivity contribution in [1.82, 2.24) is 9.88 Å². The molecule has 1 aliphatic rings. The summed E-state index contributed by atoms with van der Waals surface area (Å²) >= 11 is 1.70. The molecule has 2 aromatic carbocycles. The van der Waals surface area contributed by atoms with Gasteiger partial charge in [0.05, 0.1) is 22.8 Å². The highest BCUT2D eigenvalue weighted by atomic mass is 32.1. The predicted molar refractivity (Wildman–Crippen MR) is 98.2 cm³/mol. The summed E-state index contributed by atoms with van der Waals surface area (Å²) < 4.78 is 14.1. The maximum atomic E-state index is 13.0. The molecule has 4 rings (SSSR count). The summed E-state index contributed by atoms with van der Waals surface area (Å²) in [6.07, 6.45) is 2.08. The number of nitrogens with zero attached hydrogens (tertiary/aromatic N) is 2. The number of rotatable bonds is 4. The summed E-state index contributed by atoms with van der Waals surface area (Å²) in [5.41, 5.74) is 1.63. The molecule has 1 N–H and O–H groups in total. The molecule has 0 saturated carbocycles. The maximum Gasteiger partial charge on any atom is 0.238 e. The molecular weight excluding hydrogens is 337 g/mol. The molecule has 3 aromatic rings. The van der Waals surface area contributed by atoms with Gasteiger partial charge in [0.15, 0.2) is 0 Å². The minimum Gasteiger partial charge on any atom is -0.325 e. The molecular formula is C19H18FN3OS. The number of hydrogen-bond acceptors (Lipinski definition) is 4. The van der Waals surface area contributed by atoms with Crippen LogP contribution >= 0.6 is 11.3 Å². The molecule has 2 heterocycles. The minimum atomic E-state index is -0.312. The fourth-order valence-electron chi connectivity index (χ4n) is 3.25. The first kappa shape index (κ1) is 16.2. The number of likely N-dealkylation sites (tertiary alicyclic amines) is 1. The molecule has 1 saturated heterocycles. The first-order valence-corrected chi connectivity index (χ1v) is 9.15. The van der Waals surface area contributed by atoms with Gasteiger partial charge in [-0.05, 0) is 55.8 Å². The number of halogens is 1. The van der Waals surface area contributed by atoms with Crippen LogP contribution in [0.2, 0.25) is 0 Å². The molecule has 0 aliphatic carbocycles. The molecule has 1 amide bonds. The average molecular weight is 355 g/mol. The van der Waals surface area contributed by atoms with Crippen molar-refractivity contribution < 1.29 is 9.18 Å². The Kier molecular flexibility index (Phi) is 4.46. The van der Waals surface area contributed by atoms with Crippen molar-refractivity contribution in [3.8, 4) is 0 Å². The molecule has 6 heteroatoms. The van der Waals surface area contributed by atoms with E-state index in [1.807, 2.05) is 18.2 Å². The van der Waals surface area contributed by atoms with E-state index < -0.39 is 0 Å². The third-order valence-corrected chi connectivity index (χ3v) is 5.57. The average Bonchev–Trinajstić information content (AvgIpc) is 3.22. The summed E-state index contributed by atoms with van der Waals surface area (Å²) in [7, 11) is 0. The summed E-state index contributed by atoms with van der Waals surface area (Å²) in [5, 5.41) is 3.91. The zero-order valence-electron chi connectivity index (χ0n) is 13.6. The van der Waals surface area contributed by atoms with E-state index in [9.17, 15) is 9.18 Å². The third-order valence-electron chi connectivity index (χ3n) is 4.43. The van der Waals surface area contributed by atoms with Gasteiger partial charge in [-0.1, -0.05) is 12.1 Å². The van der Waals surface area contributed by atoms with Crippen LogP contribution in [0.25, 0.3) is 10.2 Å². The van der Waals surface area contributed by atoms with Crippen molar-refractivity contribution in [3.63, 3.8) is 0 Å². The van der Waals surface area contributed by atoms with Crippen molar-refractivity contribution in [2.75, 3.05) is 18.4 Å². The van der Waals surface area contributed by atoms with E-state index in [0.29, 0.717) is 12.2 Å². The Morgan fingerprint density at radius 2 is 2.04 bits per heavy atom. The Morgan fingerprint density at radius 1 is 1.24 bits per heavy atom. The Hall–Kier alpha value is -2.31. The predicted octanol–water partition coefficient (Wildman–Crippen LogP) is 4.21. The normalized spacial score (nSPS) is 17.9. The molecule has 1 aromatic heterocycles. The Labute approximate surface area is 149 Å². The minimum absolute atomic E-state index is 0.0837. The molecule has 1 fully saturated rings. The van der Waals surface area contributed by atoms with Crippen LogP contribution in [0, 0.1) is 5.82 Å². The van der Waals surface area contributed by atoms with Crippen molar-refractivity contribution in [1.29, 1.82) is 0 Å². The molecule has 128 valence electrons. The summed E-state index contributed by atoms with van der Waals surface area (Å²) in [6.45, 7) is 1.20. The second-order valence-electron chi connectivity index (χ2n) is 6.20. The topological polar surface area (TPSA) is 45.2 Å². The van der Waals surface area contributed by atoms with E-state index in [-0.39, 0.29) is 17.8 Å². The van der Waals surface area contributed by atoms with Gasteiger partial charge in [0.2, 0.25) is 5.91 Å². The van der Waals surface area contributed by atoms with Crippen molar-refractivity contribution in [2.45, 2.75) is 18.9 Å². The highest BCUT2D eigenvalue weighted by molar-refractivity contribution is 7.18. The van der Waals surface area contributed by atoms with Gasteiger partial charge in [0.1, 0.15) is 10.8 Å². The van der Waals surface area contributed by atoms with Gasteiger partial charge in [0, 0.05) is 5.69 Å².